The molecule has 1 aromatic rings. The third-order valence-electron chi connectivity index (χ3n) is 2.46. The van der Waals surface area contributed by atoms with Crippen molar-refractivity contribution in [2.75, 3.05) is 6.61 Å². The third-order valence-corrected chi connectivity index (χ3v) is 5.51. The van der Waals surface area contributed by atoms with Gasteiger partial charge in [0, 0.05) is 11.3 Å². The SMILES string of the molecule is O=C(O)Cc1ccc(S(=O)(=O)NC2CCOC2=O)s1. The van der Waals surface area contributed by atoms with Gasteiger partial charge in [-0.15, -0.1) is 11.3 Å². The third kappa shape index (κ3) is 3.31. The number of carbonyl (C=O) groups excluding carboxylic acids is 1. The fraction of sp³-hybridized carbons (Fsp3) is 0.400. The van der Waals surface area contributed by atoms with Gasteiger partial charge in [-0.1, -0.05) is 0 Å². The lowest BCUT2D eigenvalue weighted by Gasteiger charge is -2.07. The van der Waals surface area contributed by atoms with Gasteiger partial charge in [-0.25, -0.2) is 8.42 Å². The van der Waals surface area contributed by atoms with Gasteiger partial charge in [0.05, 0.1) is 13.0 Å². The maximum absolute atomic E-state index is 12.0. The summed E-state index contributed by atoms with van der Waals surface area (Å²) in [4.78, 5) is 22.2. The van der Waals surface area contributed by atoms with Crippen LogP contribution in [0.1, 0.15) is 11.3 Å². The van der Waals surface area contributed by atoms with Crippen LogP contribution in [0.3, 0.4) is 0 Å². The topological polar surface area (TPSA) is 110 Å². The molecule has 0 radical (unpaired) electrons. The molecule has 1 fully saturated rings. The quantitative estimate of drug-likeness (QED) is 0.739. The van der Waals surface area contributed by atoms with Crippen molar-refractivity contribution in [1.29, 1.82) is 0 Å². The van der Waals surface area contributed by atoms with E-state index in [1.165, 1.54) is 12.1 Å². The molecule has 1 atom stereocenters. The molecule has 2 heterocycles. The van der Waals surface area contributed by atoms with Crippen LogP contribution < -0.4 is 4.72 Å². The molecule has 2 rings (SSSR count). The molecule has 0 bridgehead atoms. The monoisotopic (exact) mass is 305 g/mol. The fourth-order valence-corrected chi connectivity index (χ4v) is 4.18. The van der Waals surface area contributed by atoms with E-state index in [4.69, 9.17) is 5.11 Å². The number of ether oxygens (including phenoxy) is 1. The maximum atomic E-state index is 12.0. The second-order valence-electron chi connectivity index (χ2n) is 3.92. The van der Waals surface area contributed by atoms with Crippen molar-refractivity contribution >= 4 is 33.3 Å². The highest BCUT2D eigenvalue weighted by Gasteiger charge is 2.31. The molecule has 19 heavy (non-hydrogen) atoms. The van der Waals surface area contributed by atoms with E-state index in [9.17, 15) is 18.0 Å². The minimum atomic E-state index is -3.82. The number of nitrogens with one attached hydrogen (secondary N) is 1. The molecule has 9 heteroatoms. The predicted octanol–water partition coefficient (Wildman–Crippen LogP) is -0.0310. The van der Waals surface area contributed by atoms with Crippen LogP contribution in [0.2, 0.25) is 0 Å². The van der Waals surface area contributed by atoms with Gasteiger partial charge in [0.15, 0.2) is 0 Å². The van der Waals surface area contributed by atoms with Gasteiger partial charge >= 0.3 is 11.9 Å². The second kappa shape index (κ2) is 5.27. The van der Waals surface area contributed by atoms with Crippen molar-refractivity contribution in [3.63, 3.8) is 0 Å². The van der Waals surface area contributed by atoms with Gasteiger partial charge in [-0.3, -0.25) is 9.59 Å². The summed E-state index contributed by atoms with van der Waals surface area (Å²) in [5.74, 6) is -1.62. The lowest BCUT2D eigenvalue weighted by Crippen LogP contribution is -2.37. The van der Waals surface area contributed by atoms with Gasteiger partial charge in [-0.05, 0) is 12.1 Å². The number of carbonyl (C=O) groups is 2. The number of thiophene rings is 1. The zero-order chi connectivity index (χ0) is 14.0. The molecule has 1 unspecified atom stereocenters. The van der Waals surface area contributed by atoms with Gasteiger partial charge < -0.3 is 9.84 Å². The van der Waals surface area contributed by atoms with Crippen LogP contribution >= 0.6 is 11.3 Å². The molecular formula is C10H11NO6S2. The highest BCUT2D eigenvalue weighted by molar-refractivity contribution is 7.91. The number of hydrogen-bond donors (Lipinski definition) is 2. The standard InChI is InChI=1S/C10H11NO6S2/c12-8(13)5-6-1-2-9(18-6)19(15,16)11-7-3-4-17-10(7)14/h1-2,7,11H,3-5H2,(H,12,13). The Morgan fingerprint density at radius 2 is 2.26 bits per heavy atom. The molecule has 0 amide bonds. The van der Waals surface area contributed by atoms with E-state index in [0.29, 0.717) is 11.3 Å². The van der Waals surface area contributed by atoms with E-state index in [1.54, 1.807) is 0 Å². The number of aliphatic carboxylic acids is 1. The summed E-state index contributed by atoms with van der Waals surface area (Å²) in [7, 11) is -3.82. The molecule has 1 saturated heterocycles. The summed E-state index contributed by atoms with van der Waals surface area (Å²) in [5, 5.41) is 8.62. The molecule has 0 saturated carbocycles. The van der Waals surface area contributed by atoms with Crippen molar-refractivity contribution in [2.24, 2.45) is 0 Å². The molecular weight excluding hydrogens is 294 g/mol. The molecule has 104 valence electrons. The van der Waals surface area contributed by atoms with Gasteiger partial charge in [0.2, 0.25) is 0 Å². The predicted molar refractivity (Wildman–Crippen MR) is 65.3 cm³/mol. The first kappa shape index (κ1) is 14.0. The van der Waals surface area contributed by atoms with E-state index in [2.05, 4.69) is 9.46 Å². The first-order valence-electron chi connectivity index (χ1n) is 5.38. The number of carboxylic acid groups (broad SMARTS) is 1. The highest BCUT2D eigenvalue weighted by atomic mass is 32.2. The zero-order valence-electron chi connectivity index (χ0n) is 9.66. The van der Waals surface area contributed by atoms with Crippen molar-refractivity contribution in [3.8, 4) is 0 Å². The Balaban J connectivity index is 2.13. The summed E-state index contributed by atoms with van der Waals surface area (Å²) < 4.78 is 30.9. The van der Waals surface area contributed by atoms with Crippen molar-refractivity contribution in [3.05, 3.63) is 17.0 Å². The Morgan fingerprint density at radius 1 is 1.53 bits per heavy atom. The molecule has 1 aromatic heterocycles. The smallest absolute Gasteiger partial charge is 0.324 e. The molecule has 2 N–H and O–H groups in total. The Morgan fingerprint density at radius 3 is 2.84 bits per heavy atom. The van der Waals surface area contributed by atoms with Crippen molar-refractivity contribution in [2.45, 2.75) is 23.1 Å². The first-order chi connectivity index (χ1) is 8.88. The Kier molecular flexibility index (Phi) is 3.88. The van der Waals surface area contributed by atoms with E-state index in [0.717, 1.165) is 11.3 Å². The summed E-state index contributed by atoms with van der Waals surface area (Å²) in [5.41, 5.74) is 0. The summed E-state index contributed by atoms with van der Waals surface area (Å²) in [6.45, 7) is 0.195. The van der Waals surface area contributed by atoms with Gasteiger partial charge in [0.1, 0.15) is 10.3 Å². The normalized spacial score (nSPS) is 19.4. The van der Waals surface area contributed by atoms with Crippen molar-refractivity contribution in [1.82, 2.24) is 4.72 Å². The minimum absolute atomic E-state index is 0.0107. The number of carboxylic acids is 1. The highest BCUT2D eigenvalue weighted by Crippen LogP contribution is 2.23. The number of cyclic esters (lactones) is 1. The van der Waals surface area contributed by atoms with E-state index < -0.39 is 28.0 Å². The van der Waals surface area contributed by atoms with Crippen LogP contribution in [-0.2, 0) is 30.8 Å². The van der Waals surface area contributed by atoms with Crippen LogP contribution in [0.15, 0.2) is 16.3 Å². The van der Waals surface area contributed by atoms with Gasteiger partial charge in [-0.2, -0.15) is 4.72 Å². The summed E-state index contributed by atoms with van der Waals surface area (Å²) in [6.07, 6.45) is 0.0665. The lowest BCUT2D eigenvalue weighted by atomic mass is 10.3. The van der Waals surface area contributed by atoms with Crippen LogP contribution in [0, 0.1) is 0 Å². The van der Waals surface area contributed by atoms with E-state index in [-0.39, 0.29) is 17.2 Å². The summed E-state index contributed by atoms with van der Waals surface area (Å²) >= 11 is 0.869. The fourth-order valence-electron chi connectivity index (χ4n) is 1.59. The molecule has 1 aliphatic heterocycles. The Bertz CT molecular complexity index is 605. The average Bonchev–Trinajstić information content (AvgIpc) is 2.88. The summed E-state index contributed by atoms with van der Waals surface area (Å²) in [6, 6.07) is 1.90. The van der Waals surface area contributed by atoms with Crippen LogP contribution in [0.4, 0.5) is 0 Å². The zero-order valence-corrected chi connectivity index (χ0v) is 11.3. The largest absolute Gasteiger partial charge is 0.481 e. The molecule has 7 nitrogen and oxygen atoms in total. The molecule has 0 aromatic carbocycles. The van der Waals surface area contributed by atoms with Gasteiger partial charge in [0.25, 0.3) is 10.0 Å². The van der Waals surface area contributed by atoms with E-state index >= 15 is 0 Å². The second-order valence-corrected chi connectivity index (χ2v) is 7.03. The number of sulfonamides is 1. The molecule has 1 aliphatic rings. The first-order valence-corrected chi connectivity index (χ1v) is 7.68. The van der Waals surface area contributed by atoms with E-state index in [1.807, 2.05) is 0 Å². The van der Waals surface area contributed by atoms with Crippen LogP contribution in [0.25, 0.3) is 0 Å². The van der Waals surface area contributed by atoms with Crippen LogP contribution in [0.5, 0.6) is 0 Å². The minimum Gasteiger partial charge on any atom is -0.481 e. The van der Waals surface area contributed by atoms with Crippen LogP contribution in [-0.4, -0.2) is 38.1 Å². The molecule has 0 aliphatic carbocycles. The lowest BCUT2D eigenvalue weighted by molar-refractivity contribution is -0.139. The Labute approximate surface area is 113 Å². The number of rotatable bonds is 5. The maximum Gasteiger partial charge on any atom is 0.324 e. The average molecular weight is 305 g/mol. The number of esters is 1. The Hall–Kier alpha value is -1.45. The van der Waals surface area contributed by atoms with Crippen molar-refractivity contribution < 1.29 is 27.9 Å². The molecule has 0 spiro atoms. The number of hydrogen-bond acceptors (Lipinski definition) is 6.